The molecule has 0 saturated heterocycles. The van der Waals surface area contributed by atoms with Crippen LogP contribution in [-0.2, 0) is 12.8 Å². The molecule has 0 unspecified atom stereocenters. The number of fused-ring (bicyclic) bond motifs is 1. The number of nitrogens with one attached hydrogen (secondary N) is 1. The lowest BCUT2D eigenvalue weighted by Crippen LogP contribution is -2.14. The van der Waals surface area contributed by atoms with Gasteiger partial charge in [-0.05, 0) is 61.1 Å². The molecule has 5 heteroatoms. The zero-order valence-electron chi connectivity index (χ0n) is 14.7. The van der Waals surface area contributed by atoms with Crippen molar-refractivity contribution in [1.82, 2.24) is 0 Å². The monoisotopic (exact) mass is 438 g/mol. The SMILES string of the molecule is O=C(Nc1ccccc1)c1c(/N=C\c2ccc(Br)cc2)sc2c1CCCC2. The van der Waals surface area contributed by atoms with Crippen LogP contribution in [0.5, 0.6) is 0 Å². The minimum atomic E-state index is -0.0662. The van der Waals surface area contributed by atoms with Crippen LogP contribution in [0.4, 0.5) is 10.7 Å². The number of rotatable bonds is 4. The third kappa shape index (κ3) is 4.20. The number of halogens is 1. The number of hydrogen-bond acceptors (Lipinski definition) is 3. The molecule has 0 radical (unpaired) electrons. The summed E-state index contributed by atoms with van der Waals surface area (Å²) >= 11 is 5.10. The van der Waals surface area contributed by atoms with E-state index in [0.717, 1.165) is 45.6 Å². The van der Waals surface area contributed by atoms with Gasteiger partial charge in [-0.25, -0.2) is 4.99 Å². The normalized spacial score (nSPS) is 13.5. The Kier molecular flexibility index (Phi) is 5.50. The summed E-state index contributed by atoms with van der Waals surface area (Å²) in [6, 6.07) is 17.6. The third-order valence-corrected chi connectivity index (χ3v) is 6.34. The fraction of sp³-hybridized carbons (Fsp3) is 0.182. The molecule has 1 amide bonds. The lowest BCUT2D eigenvalue weighted by Gasteiger charge is -2.12. The Balaban J connectivity index is 1.67. The smallest absolute Gasteiger partial charge is 0.259 e. The van der Waals surface area contributed by atoms with Gasteiger partial charge in [-0.3, -0.25) is 4.79 Å². The minimum absolute atomic E-state index is 0.0662. The molecule has 1 aromatic heterocycles. The lowest BCUT2D eigenvalue weighted by molar-refractivity contribution is 0.102. The Morgan fingerprint density at radius 3 is 2.56 bits per heavy atom. The zero-order valence-corrected chi connectivity index (χ0v) is 17.1. The average Bonchev–Trinajstić information content (AvgIpc) is 3.07. The van der Waals surface area contributed by atoms with Gasteiger partial charge in [-0.1, -0.05) is 46.3 Å². The summed E-state index contributed by atoms with van der Waals surface area (Å²) in [6.07, 6.45) is 6.15. The number of thiophene rings is 1. The van der Waals surface area contributed by atoms with E-state index in [-0.39, 0.29) is 5.91 Å². The summed E-state index contributed by atoms with van der Waals surface area (Å²) < 4.78 is 1.04. The van der Waals surface area contributed by atoms with E-state index in [1.165, 1.54) is 16.9 Å². The molecule has 0 saturated carbocycles. The number of anilines is 1. The van der Waals surface area contributed by atoms with E-state index in [4.69, 9.17) is 4.99 Å². The van der Waals surface area contributed by atoms with Crippen LogP contribution in [-0.4, -0.2) is 12.1 Å². The van der Waals surface area contributed by atoms with E-state index in [1.807, 2.05) is 60.8 Å². The first-order chi connectivity index (χ1) is 13.2. The van der Waals surface area contributed by atoms with E-state index in [0.29, 0.717) is 0 Å². The molecule has 3 nitrogen and oxygen atoms in total. The Labute approximate surface area is 171 Å². The van der Waals surface area contributed by atoms with Crippen molar-refractivity contribution in [3.8, 4) is 0 Å². The number of carbonyl (C=O) groups is 1. The van der Waals surface area contributed by atoms with E-state index in [9.17, 15) is 4.79 Å². The molecule has 1 heterocycles. The van der Waals surface area contributed by atoms with Crippen molar-refractivity contribution in [2.75, 3.05) is 5.32 Å². The summed E-state index contributed by atoms with van der Waals surface area (Å²) in [7, 11) is 0. The molecular weight excluding hydrogens is 420 g/mol. The summed E-state index contributed by atoms with van der Waals surface area (Å²) in [6.45, 7) is 0. The molecule has 0 bridgehead atoms. The largest absolute Gasteiger partial charge is 0.322 e. The second-order valence-electron chi connectivity index (χ2n) is 6.52. The van der Waals surface area contributed by atoms with Crippen molar-refractivity contribution >= 4 is 50.1 Å². The molecule has 0 aliphatic heterocycles. The molecule has 3 aromatic rings. The van der Waals surface area contributed by atoms with Gasteiger partial charge in [0.15, 0.2) is 0 Å². The predicted molar refractivity (Wildman–Crippen MR) is 117 cm³/mol. The van der Waals surface area contributed by atoms with Gasteiger partial charge in [0.05, 0.1) is 5.56 Å². The second kappa shape index (κ2) is 8.19. The van der Waals surface area contributed by atoms with Crippen molar-refractivity contribution in [3.05, 3.63) is 80.6 Å². The number of aryl methyl sites for hydroxylation is 1. The van der Waals surface area contributed by atoms with Crippen molar-refractivity contribution in [1.29, 1.82) is 0 Å². The first-order valence-electron chi connectivity index (χ1n) is 9.01. The highest BCUT2D eigenvalue weighted by molar-refractivity contribution is 9.10. The summed E-state index contributed by atoms with van der Waals surface area (Å²) in [5.41, 5.74) is 3.75. The first-order valence-corrected chi connectivity index (χ1v) is 10.6. The highest BCUT2D eigenvalue weighted by Crippen LogP contribution is 2.40. The van der Waals surface area contributed by atoms with Crippen molar-refractivity contribution in [2.24, 2.45) is 4.99 Å². The van der Waals surface area contributed by atoms with Gasteiger partial charge < -0.3 is 5.32 Å². The maximum atomic E-state index is 13.0. The van der Waals surface area contributed by atoms with E-state index in [2.05, 4.69) is 21.2 Å². The number of aliphatic imine (C=N–C) groups is 1. The van der Waals surface area contributed by atoms with E-state index >= 15 is 0 Å². The highest BCUT2D eigenvalue weighted by Gasteiger charge is 2.25. The van der Waals surface area contributed by atoms with Crippen LogP contribution in [0.2, 0.25) is 0 Å². The molecule has 0 fully saturated rings. The van der Waals surface area contributed by atoms with Gasteiger partial charge >= 0.3 is 0 Å². The van der Waals surface area contributed by atoms with Crippen LogP contribution in [0.15, 0.2) is 64.1 Å². The van der Waals surface area contributed by atoms with E-state index < -0.39 is 0 Å². The minimum Gasteiger partial charge on any atom is -0.322 e. The Bertz CT molecular complexity index is 978. The Hall–Kier alpha value is -2.24. The molecule has 1 N–H and O–H groups in total. The maximum absolute atomic E-state index is 13.0. The number of amides is 1. The molecule has 136 valence electrons. The molecule has 4 rings (SSSR count). The van der Waals surface area contributed by atoms with Crippen LogP contribution in [0.25, 0.3) is 0 Å². The van der Waals surface area contributed by atoms with Crippen LogP contribution in [0.1, 0.15) is 39.2 Å². The number of para-hydroxylation sites is 1. The van der Waals surface area contributed by atoms with Crippen molar-refractivity contribution in [3.63, 3.8) is 0 Å². The van der Waals surface area contributed by atoms with Gasteiger partial charge in [0.25, 0.3) is 5.91 Å². The second-order valence-corrected chi connectivity index (χ2v) is 8.52. The standard InChI is InChI=1S/C22H19BrN2OS/c23-16-12-10-15(11-13-16)14-24-22-20(18-8-4-5-9-19(18)27-22)21(26)25-17-6-2-1-3-7-17/h1-3,6-7,10-14H,4-5,8-9H2,(H,25,26)/b24-14-. The van der Waals surface area contributed by atoms with Gasteiger partial charge in [0.1, 0.15) is 5.00 Å². The number of hydrogen-bond donors (Lipinski definition) is 1. The van der Waals surface area contributed by atoms with Crippen molar-refractivity contribution in [2.45, 2.75) is 25.7 Å². The third-order valence-electron chi connectivity index (χ3n) is 4.61. The average molecular weight is 439 g/mol. The molecule has 1 aliphatic carbocycles. The maximum Gasteiger partial charge on any atom is 0.259 e. The van der Waals surface area contributed by atoms with Crippen LogP contribution >= 0.6 is 27.3 Å². The topological polar surface area (TPSA) is 41.5 Å². The van der Waals surface area contributed by atoms with Gasteiger partial charge in [0.2, 0.25) is 0 Å². The molecular formula is C22H19BrN2OS. The molecule has 0 spiro atoms. The molecule has 1 aliphatic rings. The fourth-order valence-corrected chi connectivity index (χ4v) is 4.77. The van der Waals surface area contributed by atoms with Crippen LogP contribution < -0.4 is 5.32 Å². The predicted octanol–water partition coefficient (Wildman–Crippen LogP) is 6.39. The quantitative estimate of drug-likeness (QED) is 0.470. The number of nitrogens with zero attached hydrogens (tertiary/aromatic N) is 1. The Morgan fingerprint density at radius 1 is 1.04 bits per heavy atom. The summed E-state index contributed by atoms with van der Waals surface area (Å²) in [5.74, 6) is -0.0662. The van der Waals surface area contributed by atoms with Gasteiger partial charge in [-0.2, -0.15) is 0 Å². The zero-order chi connectivity index (χ0) is 18.6. The Morgan fingerprint density at radius 2 is 1.78 bits per heavy atom. The van der Waals surface area contributed by atoms with E-state index in [1.54, 1.807) is 11.3 Å². The first kappa shape index (κ1) is 18.1. The van der Waals surface area contributed by atoms with Crippen molar-refractivity contribution < 1.29 is 4.79 Å². The number of carbonyl (C=O) groups excluding carboxylic acids is 1. The fourth-order valence-electron chi connectivity index (χ4n) is 3.27. The van der Waals surface area contributed by atoms with Crippen LogP contribution in [0.3, 0.4) is 0 Å². The highest BCUT2D eigenvalue weighted by atomic mass is 79.9. The summed E-state index contributed by atoms with van der Waals surface area (Å²) in [5, 5.41) is 3.83. The summed E-state index contributed by atoms with van der Waals surface area (Å²) in [4.78, 5) is 19.0. The molecule has 0 atom stereocenters. The van der Waals surface area contributed by atoms with Crippen LogP contribution in [0, 0.1) is 0 Å². The van der Waals surface area contributed by atoms with Gasteiger partial charge in [0, 0.05) is 21.3 Å². The number of benzene rings is 2. The van der Waals surface area contributed by atoms with Gasteiger partial charge in [-0.15, -0.1) is 11.3 Å². The molecule has 27 heavy (non-hydrogen) atoms. The molecule has 2 aromatic carbocycles. The lowest BCUT2D eigenvalue weighted by atomic mass is 9.95.